The third kappa shape index (κ3) is 3.21. The second-order valence-corrected chi connectivity index (χ2v) is 7.28. The number of rotatable bonds is 5. The molecular formula is C20H27N3O2. The minimum Gasteiger partial charge on any atom is -0.480 e. The second-order valence-electron chi connectivity index (χ2n) is 7.28. The van der Waals surface area contributed by atoms with Crippen LogP contribution in [0.1, 0.15) is 74.3 Å². The van der Waals surface area contributed by atoms with Gasteiger partial charge < -0.3 is 15.4 Å². The number of aliphatic carboxylic acids is 1. The molecule has 0 saturated carbocycles. The van der Waals surface area contributed by atoms with Gasteiger partial charge in [-0.05, 0) is 31.7 Å². The Bertz CT molecular complexity index is 752. The van der Waals surface area contributed by atoms with Crippen molar-refractivity contribution in [3.05, 3.63) is 53.1 Å². The number of aryl methyl sites for hydroxylation is 1. The van der Waals surface area contributed by atoms with E-state index in [9.17, 15) is 9.90 Å². The predicted molar refractivity (Wildman–Crippen MR) is 97.9 cm³/mol. The maximum Gasteiger partial charge on any atom is 0.321 e. The fraction of sp³-hybridized carbons (Fsp3) is 0.500. The lowest BCUT2D eigenvalue weighted by molar-refractivity contribution is -0.139. The normalized spacial score (nSPS) is 19.5. The van der Waals surface area contributed by atoms with Gasteiger partial charge in [0, 0.05) is 17.5 Å². The van der Waals surface area contributed by atoms with Crippen molar-refractivity contribution in [1.29, 1.82) is 0 Å². The zero-order chi connectivity index (χ0) is 18.1. The number of aromatic nitrogens is 2. The average Bonchev–Trinajstić information content (AvgIpc) is 3.01. The van der Waals surface area contributed by atoms with Crippen molar-refractivity contribution in [3.63, 3.8) is 0 Å². The van der Waals surface area contributed by atoms with Gasteiger partial charge in [0.05, 0.1) is 11.7 Å². The van der Waals surface area contributed by atoms with Gasteiger partial charge in [0.1, 0.15) is 11.9 Å². The zero-order valence-corrected chi connectivity index (χ0v) is 15.1. The maximum atomic E-state index is 11.5. The van der Waals surface area contributed by atoms with Crippen LogP contribution in [-0.2, 0) is 11.2 Å². The molecule has 3 N–H and O–H groups in total. The molecule has 25 heavy (non-hydrogen) atoms. The number of carbonyl (C=O) groups is 1. The fourth-order valence-corrected chi connectivity index (χ4v) is 3.93. The number of hydrogen-bond donors (Lipinski definition) is 2. The number of imidazole rings is 1. The summed E-state index contributed by atoms with van der Waals surface area (Å²) in [5, 5.41) is 9.47. The van der Waals surface area contributed by atoms with E-state index in [1.54, 1.807) is 0 Å². The molecule has 134 valence electrons. The van der Waals surface area contributed by atoms with Crippen LogP contribution in [0.3, 0.4) is 0 Å². The molecule has 0 saturated heterocycles. The van der Waals surface area contributed by atoms with E-state index in [4.69, 9.17) is 10.7 Å². The summed E-state index contributed by atoms with van der Waals surface area (Å²) in [7, 11) is 0. The Morgan fingerprint density at radius 3 is 2.56 bits per heavy atom. The predicted octanol–water partition coefficient (Wildman–Crippen LogP) is 3.45. The fourth-order valence-electron chi connectivity index (χ4n) is 3.93. The molecule has 3 rings (SSSR count). The third-order valence-electron chi connectivity index (χ3n) is 5.24. The Morgan fingerprint density at radius 2 is 1.96 bits per heavy atom. The van der Waals surface area contributed by atoms with Crippen molar-refractivity contribution in [2.75, 3.05) is 0 Å². The van der Waals surface area contributed by atoms with E-state index in [-0.39, 0.29) is 17.9 Å². The summed E-state index contributed by atoms with van der Waals surface area (Å²) in [5.74, 6) is 0.153. The van der Waals surface area contributed by atoms with Crippen molar-refractivity contribution in [2.24, 2.45) is 5.73 Å². The molecule has 1 aliphatic carbocycles. The lowest BCUT2D eigenvalue weighted by Gasteiger charge is -2.30. The number of nitrogens with zero attached hydrogens (tertiary/aromatic N) is 2. The summed E-state index contributed by atoms with van der Waals surface area (Å²) >= 11 is 0. The Hall–Kier alpha value is -2.14. The van der Waals surface area contributed by atoms with Crippen LogP contribution in [0.25, 0.3) is 0 Å². The van der Waals surface area contributed by atoms with Crippen LogP contribution >= 0.6 is 0 Å². The molecular weight excluding hydrogens is 314 g/mol. The van der Waals surface area contributed by atoms with Crippen molar-refractivity contribution in [1.82, 2.24) is 9.55 Å². The summed E-state index contributed by atoms with van der Waals surface area (Å²) < 4.78 is 2.25. The van der Waals surface area contributed by atoms with Crippen molar-refractivity contribution in [3.8, 4) is 0 Å². The van der Waals surface area contributed by atoms with Gasteiger partial charge in [-0.2, -0.15) is 0 Å². The van der Waals surface area contributed by atoms with Crippen molar-refractivity contribution >= 4 is 5.97 Å². The first-order chi connectivity index (χ1) is 11.9. The Labute approximate surface area is 148 Å². The van der Waals surface area contributed by atoms with Gasteiger partial charge in [-0.3, -0.25) is 4.79 Å². The number of hydrogen-bond acceptors (Lipinski definition) is 3. The Morgan fingerprint density at radius 1 is 1.28 bits per heavy atom. The van der Waals surface area contributed by atoms with Crippen molar-refractivity contribution < 1.29 is 9.90 Å². The molecule has 2 aromatic rings. The monoisotopic (exact) mass is 341 g/mol. The molecule has 5 nitrogen and oxygen atoms in total. The van der Waals surface area contributed by atoms with Crippen LogP contribution < -0.4 is 5.73 Å². The molecule has 0 bridgehead atoms. The van der Waals surface area contributed by atoms with E-state index >= 15 is 0 Å². The van der Waals surface area contributed by atoms with Gasteiger partial charge in [0.2, 0.25) is 0 Å². The highest BCUT2D eigenvalue weighted by atomic mass is 16.4. The molecule has 0 aliphatic heterocycles. The molecule has 0 radical (unpaired) electrons. The highest BCUT2D eigenvalue weighted by Gasteiger charge is 2.36. The summed E-state index contributed by atoms with van der Waals surface area (Å²) in [6.45, 7) is 6.42. The van der Waals surface area contributed by atoms with Crippen LogP contribution in [0.4, 0.5) is 0 Å². The molecule has 1 aromatic heterocycles. The summed E-state index contributed by atoms with van der Waals surface area (Å²) in [5.41, 5.74) is 9.31. The summed E-state index contributed by atoms with van der Waals surface area (Å²) in [4.78, 5) is 16.4. The van der Waals surface area contributed by atoms with E-state index in [1.807, 2.05) is 18.2 Å². The molecule has 3 atom stereocenters. The van der Waals surface area contributed by atoms with Gasteiger partial charge >= 0.3 is 5.97 Å². The summed E-state index contributed by atoms with van der Waals surface area (Å²) in [6.07, 6.45) is 2.63. The molecule has 1 aliphatic rings. The van der Waals surface area contributed by atoms with Gasteiger partial charge in [0.25, 0.3) is 0 Å². The van der Waals surface area contributed by atoms with E-state index in [0.717, 1.165) is 36.5 Å². The molecule has 5 heteroatoms. The van der Waals surface area contributed by atoms with Crippen LogP contribution in [0, 0.1) is 0 Å². The van der Waals surface area contributed by atoms with Gasteiger partial charge in [-0.15, -0.1) is 0 Å². The number of fused-ring (bicyclic) bond motifs is 1. The number of benzene rings is 1. The smallest absolute Gasteiger partial charge is 0.321 e. The Kier molecular flexibility index (Phi) is 4.95. The minimum atomic E-state index is -0.941. The first kappa shape index (κ1) is 17.7. The first-order valence-corrected chi connectivity index (χ1v) is 9.06. The number of carboxylic acids is 1. The van der Waals surface area contributed by atoms with Gasteiger partial charge in [-0.25, -0.2) is 4.98 Å². The molecule has 0 fully saturated rings. The molecule has 1 aromatic carbocycles. The van der Waals surface area contributed by atoms with E-state index < -0.39 is 12.0 Å². The second kappa shape index (κ2) is 7.00. The minimum absolute atomic E-state index is 0.0939. The van der Waals surface area contributed by atoms with Gasteiger partial charge in [0.15, 0.2) is 0 Å². The maximum absolute atomic E-state index is 11.5. The highest BCUT2D eigenvalue weighted by Crippen LogP contribution is 2.38. The Balaban J connectivity index is 2.16. The van der Waals surface area contributed by atoms with Crippen LogP contribution in [0.5, 0.6) is 0 Å². The van der Waals surface area contributed by atoms with Crippen molar-refractivity contribution in [2.45, 2.75) is 64.0 Å². The number of nitrogens with two attached hydrogens (primary N) is 1. The first-order valence-electron chi connectivity index (χ1n) is 9.06. The number of carboxylic acid groups (broad SMARTS) is 1. The topological polar surface area (TPSA) is 81.1 Å². The zero-order valence-electron chi connectivity index (χ0n) is 15.1. The summed E-state index contributed by atoms with van der Waals surface area (Å²) in [6, 6.07) is 9.49. The third-order valence-corrected chi connectivity index (χ3v) is 5.24. The molecule has 1 heterocycles. The van der Waals surface area contributed by atoms with E-state index in [2.05, 4.69) is 37.5 Å². The van der Waals surface area contributed by atoms with E-state index in [0.29, 0.717) is 0 Å². The lowest BCUT2D eigenvalue weighted by Crippen LogP contribution is -2.39. The highest BCUT2D eigenvalue weighted by molar-refractivity contribution is 5.74. The largest absolute Gasteiger partial charge is 0.480 e. The lowest BCUT2D eigenvalue weighted by atomic mass is 9.84. The molecule has 0 spiro atoms. The molecule has 2 unspecified atom stereocenters. The quantitative estimate of drug-likeness (QED) is 0.873. The SMILES string of the molecule is CC(C)c1nc2c(n1[C@H](C)c1ccccc1)C(C(N)C(=O)O)CCC2. The standard InChI is InChI=1S/C20H27N3O2/c1-12(2)19-22-16-11-7-10-15(17(21)20(24)25)18(16)23(19)13(3)14-8-5-4-6-9-14/h4-6,8-9,12-13,15,17H,7,10-11,21H2,1-3H3,(H,24,25)/t13-,15?,17?/m1/s1. The van der Waals surface area contributed by atoms with E-state index in [1.165, 1.54) is 5.56 Å². The van der Waals surface area contributed by atoms with Gasteiger partial charge in [-0.1, -0.05) is 44.2 Å². The molecule has 0 amide bonds. The van der Waals surface area contributed by atoms with Crippen LogP contribution in [0.2, 0.25) is 0 Å². The average molecular weight is 341 g/mol. The van der Waals surface area contributed by atoms with Crippen LogP contribution in [0.15, 0.2) is 30.3 Å². The van der Waals surface area contributed by atoms with Crippen LogP contribution in [-0.4, -0.2) is 26.7 Å².